The minimum absolute atomic E-state index is 0.321. The number of hydrogen-bond acceptors (Lipinski definition) is 6. The molecule has 1 aliphatic rings. The van der Waals surface area contributed by atoms with Crippen LogP contribution in [0, 0.1) is 5.92 Å². The number of carbonyl (C=O) groups excluding carboxylic acids is 3. The van der Waals surface area contributed by atoms with Crippen LogP contribution < -0.4 is 0 Å². The van der Waals surface area contributed by atoms with Gasteiger partial charge in [0.05, 0.1) is 13.0 Å². The highest BCUT2D eigenvalue weighted by Crippen LogP contribution is 2.30. The van der Waals surface area contributed by atoms with Gasteiger partial charge in [0.2, 0.25) is 0 Å². The van der Waals surface area contributed by atoms with E-state index < -0.39 is 29.4 Å². The predicted octanol–water partition coefficient (Wildman–Crippen LogP) is 3.89. The summed E-state index contributed by atoms with van der Waals surface area (Å²) >= 11 is 0. The zero-order chi connectivity index (χ0) is 19.4. The van der Waals surface area contributed by atoms with Crippen molar-refractivity contribution >= 4 is 18.2 Å². The lowest BCUT2D eigenvalue weighted by atomic mass is 9.85. The molecule has 7 nitrogen and oxygen atoms in total. The molecule has 0 aromatic rings. The van der Waals surface area contributed by atoms with Crippen molar-refractivity contribution in [1.29, 1.82) is 0 Å². The maximum atomic E-state index is 12.6. The number of hydrogen-bond donors (Lipinski definition) is 0. The molecule has 0 unspecified atom stereocenters. The van der Waals surface area contributed by atoms with Crippen LogP contribution >= 0.6 is 0 Å². The van der Waals surface area contributed by atoms with Crippen molar-refractivity contribution in [3.8, 4) is 0 Å². The average Bonchev–Trinajstić information content (AvgIpc) is 2.43. The normalized spacial score (nSPS) is 21.2. The van der Waals surface area contributed by atoms with E-state index in [9.17, 15) is 14.4 Å². The van der Waals surface area contributed by atoms with E-state index in [-0.39, 0.29) is 11.9 Å². The van der Waals surface area contributed by atoms with Gasteiger partial charge in [-0.15, -0.1) is 0 Å². The Balaban J connectivity index is 3.02. The van der Waals surface area contributed by atoms with Crippen molar-refractivity contribution in [2.45, 2.75) is 84.5 Å². The summed E-state index contributed by atoms with van der Waals surface area (Å²) in [7, 11) is 1.34. The summed E-state index contributed by atoms with van der Waals surface area (Å²) in [6, 6.07) is -0.456. The van der Waals surface area contributed by atoms with Crippen molar-refractivity contribution in [3.63, 3.8) is 0 Å². The second kappa shape index (κ2) is 8.06. The first-order valence-electron chi connectivity index (χ1n) is 8.67. The zero-order valence-corrected chi connectivity index (χ0v) is 16.4. The summed E-state index contributed by atoms with van der Waals surface area (Å²) < 4.78 is 15.6. The smallest absolute Gasteiger partial charge is 0.420 e. The van der Waals surface area contributed by atoms with E-state index >= 15 is 0 Å². The minimum atomic E-state index is -0.753. The summed E-state index contributed by atoms with van der Waals surface area (Å²) in [5.41, 5.74) is -1.48. The van der Waals surface area contributed by atoms with E-state index in [1.54, 1.807) is 41.5 Å². The molecule has 0 aromatic heterocycles. The van der Waals surface area contributed by atoms with Crippen molar-refractivity contribution in [3.05, 3.63) is 0 Å². The fourth-order valence-corrected chi connectivity index (χ4v) is 2.77. The standard InChI is InChI=1S/C18H31NO6/c1-17(2,3)24-15(21)19(16(22)25-18(4,5)6)13-10-8-9-12(11-13)14(20)23-7/h12-13H,8-11H2,1-7H3/t12-,13-/m1/s1. The topological polar surface area (TPSA) is 82.1 Å². The molecule has 0 aliphatic heterocycles. The van der Waals surface area contributed by atoms with Crippen molar-refractivity contribution in [2.24, 2.45) is 5.92 Å². The SMILES string of the molecule is COC(=O)[C@@H]1CCC[C@@H](N(C(=O)OC(C)(C)C)C(=O)OC(C)(C)C)C1. The second-order valence-corrected chi connectivity index (χ2v) is 8.37. The van der Waals surface area contributed by atoms with Crippen LogP contribution in [0.5, 0.6) is 0 Å². The van der Waals surface area contributed by atoms with Gasteiger partial charge in [-0.2, -0.15) is 0 Å². The summed E-state index contributed by atoms with van der Waals surface area (Å²) in [4.78, 5) is 38.1. The largest absolute Gasteiger partial charge is 0.469 e. The predicted molar refractivity (Wildman–Crippen MR) is 92.1 cm³/mol. The summed E-state index contributed by atoms with van der Waals surface area (Å²) in [6.07, 6.45) is 0.845. The number of amides is 2. The quantitative estimate of drug-likeness (QED) is 0.551. The molecule has 1 fully saturated rings. The van der Waals surface area contributed by atoms with Gasteiger partial charge in [-0.3, -0.25) is 4.79 Å². The van der Waals surface area contributed by atoms with Gasteiger partial charge in [0.25, 0.3) is 0 Å². The van der Waals surface area contributed by atoms with Crippen LogP contribution in [0.15, 0.2) is 0 Å². The average molecular weight is 357 g/mol. The number of carbonyl (C=O) groups is 3. The van der Waals surface area contributed by atoms with Crippen LogP contribution in [0.3, 0.4) is 0 Å². The van der Waals surface area contributed by atoms with Gasteiger partial charge in [-0.25, -0.2) is 14.5 Å². The third-order valence-corrected chi connectivity index (χ3v) is 3.73. The molecule has 0 radical (unpaired) electrons. The number of ether oxygens (including phenoxy) is 3. The highest BCUT2D eigenvalue weighted by atomic mass is 16.6. The Morgan fingerprint density at radius 3 is 1.76 bits per heavy atom. The molecule has 0 bridgehead atoms. The van der Waals surface area contributed by atoms with Gasteiger partial charge < -0.3 is 14.2 Å². The van der Waals surface area contributed by atoms with Crippen molar-refractivity contribution < 1.29 is 28.6 Å². The molecule has 0 spiro atoms. The summed E-state index contributed by atoms with van der Waals surface area (Å²) in [6.45, 7) is 10.4. The first kappa shape index (κ1) is 21.3. The van der Waals surface area contributed by atoms with E-state index in [0.717, 1.165) is 4.90 Å². The molecule has 0 aromatic carbocycles. The van der Waals surface area contributed by atoms with Gasteiger partial charge in [0.15, 0.2) is 0 Å². The Kier molecular flexibility index (Phi) is 6.85. The maximum Gasteiger partial charge on any atom is 0.420 e. The minimum Gasteiger partial charge on any atom is -0.469 e. The fourth-order valence-electron chi connectivity index (χ4n) is 2.77. The summed E-state index contributed by atoms with van der Waals surface area (Å²) in [5, 5.41) is 0. The van der Waals surface area contributed by atoms with Crippen LogP contribution in [-0.4, -0.2) is 47.4 Å². The molecule has 1 saturated carbocycles. The lowest BCUT2D eigenvalue weighted by molar-refractivity contribution is -0.147. The maximum absolute atomic E-state index is 12.6. The molecule has 2 amide bonds. The van der Waals surface area contributed by atoms with E-state index in [1.807, 2.05) is 0 Å². The fraction of sp³-hybridized carbons (Fsp3) is 0.833. The molecule has 1 aliphatic carbocycles. The lowest BCUT2D eigenvalue weighted by Crippen LogP contribution is -2.50. The van der Waals surface area contributed by atoms with E-state index in [0.29, 0.717) is 25.7 Å². The van der Waals surface area contributed by atoms with E-state index in [2.05, 4.69) is 0 Å². The molecule has 1 rings (SSSR count). The Morgan fingerprint density at radius 1 is 0.880 bits per heavy atom. The molecular formula is C18H31NO6. The van der Waals surface area contributed by atoms with Gasteiger partial charge >= 0.3 is 18.2 Å². The van der Waals surface area contributed by atoms with Crippen molar-refractivity contribution in [2.75, 3.05) is 7.11 Å². The Labute approximate surface area is 150 Å². The molecule has 0 N–H and O–H groups in total. The first-order chi connectivity index (χ1) is 11.3. The number of esters is 1. The zero-order valence-electron chi connectivity index (χ0n) is 16.4. The van der Waals surface area contributed by atoms with Gasteiger partial charge in [0.1, 0.15) is 11.2 Å². The Morgan fingerprint density at radius 2 is 1.36 bits per heavy atom. The van der Waals surface area contributed by atoms with Gasteiger partial charge in [-0.1, -0.05) is 6.42 Å². The molecule has 0 heterocycles. The van der Waals surface area contributed by atoms with Crippen LogP contribution in [-0.2, 0) is 19.0 Å². The lowest BCUT2D eigenvalue weighted by Gasteiger charge is -2.36. The van der Waals surface area contributed by atoms with Crippen molar-refractivity contribution in [1.82, 2.24) is 4.90 Å². The molecule has 0 saturated heterocycles. The number of rotatable bonds is 2. The summed E-state index contributed by atoms with van der Waals surface area (Å²) in [5.74, 6) is -0.658. The van der Waals surface area contributed by atoms with Crippen LogP contribution in [0.25, 0.3) is 0 Å². The van der Waals surface area contributed by atoms with E-state index in [1.165, 1.54) is 7.11 Å². The molecule has 25 heavy (non-hydrogen) atoms. The molecule has 144 valence electrons. The first-order valence-corrected chi connectivity index (χ1v) is 8.67. The monoisotopic (exact) mass is 357 g/mol. The third-order valence-electron chi connectivity index (χ3n) is 3.73. The van der Waals surface area contributed by atoms with Gasteiger partial charge in [0, 0.05) is 6.04 Å². The molecular weight excluding hydrogens is 326 g/mol. The van der Waals surface area contributed by atoms with Crippen LogP contribution in [0.2, 0.25) is 0 Å². The second-order valence-electron chi connectivity index (χ2n) is 8.37. The number of methoxy groups -OCH3 is 1. The van der Waals surface area contributed by atoms with Crippen LogP contribution in [0.1, 0.15) is 67.2 Å². The number of imide groups is 1. The Hall–Kier alpha value is -1.79. The highest BCUT2D eigenvalue weighted by molar-refractivity contribution is 5.88. The highest BCUT2D eigenvalue weighted by Gasteiger charge is 2.40. The molecule has 2 atom stereocenters. The molecule has 7 heteroatoms. The Bertz CT molecular complexity index is 475. The van der Waals surface area contributed by atoms with Gasteiger partial charge in [-0.05, 0) is 60.8 Å². The third kappa shape index (κ3) is 6.92. The van der Waals surface area contributed by atoms with E-state index in [4.69, 9.17) is 14.2 Å². The van der Waals surface area contributed by atoms with Crippen LogP contribution in [0.4, 0.5) is 9.59 Å². The number of nitrogens with zero attached hydrogens (tertiary/aromatic N) is 1.